The molecule has 5 nitrogen and oxygen atoms in total. The van der Waals surface area contributed by atoms with Crippen LogP contribution in [0.5, 0.6) is 0 Å². The fourth-order valence-corrected chi connectivity index (χ4v) is 4.38. The first kappa shape index (κ1) is 19.4. The highest BCUT2D eigenvalue weighted by Gasteiger charge is 2.26. The van der Waals surface area contributed by atoms with E-state index in [0.717, 1.165) is 61.5 Å². The first-order chi connectivity index (χ1) is 13.6. The number of ether oxygens (including phenoxy) is 1. The van der Waals surface area contributed by atoms with Gasteiger partial charge >= 0.3 is 6.03 Å². The molecule has 28 heavy (non-hydrogen) atoms. The van der Waals surface area contributed by atoms with Crippen LogP contribution < -0.4 is 15.5 Å². The molecule has 0 aromatic heterocycles. The number of hydrogen-bond donors (Lipinski definition) is 2. The van der Waals surface area contributed by atoms with Gasteiger partial charge in [0.25, 0.3) is 0 Å². The molecule has 4 rings (SSSR count). The summed E-state index contributed by atoms with van der Waals surface area (Å²) in [4.78, 5) is 14.8. The zero-order valence-electron chi connectivity index (χ0n) is 15.5. The molecule has 7 heteroatoms. The van der Waals surface area contributed by atoms with E-state index in [1.807, 2.05) is 18.2 Å². The van der Waals surface area contributed by atoms with Crippen LogP contribution in [0.1, 0.15) is 29.2 Å². The minimum atomic E-state index is -0.180. The fraction of sp³-hybridized carbons (Fsp3) is 0.381. The molecule has 1 heterocycles. The van der Waals surface area contributed by atoms with Crippen LogP contribution in [0.2, 0.25) is 10.0 Å². The molecule has 0 bridgehead atoms. The lowest BCUT2D eigenvalue weighted by molar-refractivity contribution is 0.122. The van der Waals surface area contributed by atoms with Crippen LogP contribution in [0, 0.1) is 0 Å². The smallest absolute Gasteiger partial charge is 0.315 e. The summed E-state index contributed by atoms with van der Waals surface area (Å²) in [5.41, 5.74) is 4.34. The Kier molecular flexibility index (Phi) is 5.95. The number of nitrogens with one attached hydrogen (secondary N) is 2. The molecule has 1 atom stereocenters. The second kappa shape index (κ2) is 8.60. The van der Waals surface area contributed by atoms with E-state index in [9.17, 15) is 4.79 Å². The molecular weight excluding hydrogens is 397 g/mol. The Morgan fingerprint density at radius 3 is 2.75 bits per heavy atom. The van der Waals surface area contributed by atoms with Crippen LogP contribution >= 0.6 is 23.2 Å². The number of urea groups is 1. The molecule has 0 saturated carbocycles. The van der Waals surface area contributed by atoms with Gasteiger partial charge in [-0.25, -0.2) is 4.79 Å². The number of morpholine rings is 1. The van der Waals surface area contributed by atoms with Crippen molar-refractivity contribution in [2.75, 3.05) is 31.2 Å². The zero-order chi connectivity index (χ0) is 19.5. The second-order valence-electron chi connectivity index (χ2n) is 7.08. The Labute approximate surface area is 175 Å². The van der Waals surface area contributed by atoms with Crippen molar-refractivity contribution in [1.29, 1.82) is 0 Å². The Balaban J connectivity index is 1.38. The maximum Gasteiger partial charge on any atom is 0.315 e. The number of benzene rings is 2. The van der Waals surface area contributed by atoms with Crippen LogP contribution in [0.4, 0.5) is 10.5 Å². The van der Waals surface area contributed by atoms with Gasteiger partial charge in [-0.15, -0.1) is 0 Å². The van der Waals surface area contributed by atoms with Crippen LogP contribution in [0.25, 0.3) is 0 Å². The van der Waals surface area contributed by atoms with Crippen molar-refractivity contribution in [2.45, 2.75) is 25.4 Å². The Hall–Kier alpha value is -1.95. The molecule has 1 saturated heterocycles. The van der Waals surface area contributed by atoms with Gasteiger partial charge in [-0.3, -0.25) is 0 Å². The minimum Gasteiger partial charge on any atom is -0.378 e. The number of amides is 2. The van der Waals surface area contributed by atoms with Crippen molar-refractivity contribution in [1.82, 2.24) is 10.6 Å². The number of carbonyl (C=O) groups excluding carboxylic acids is 1. The number of halogens is 2. The van der Waals surface area contributed by atoms with E-state index in [0.29, 0.717) is 16.6 Å². The van der Waals surface area contributed by atoms with Gasteiger partial charge in [0.15, 0.2) is 0 Å². The SMILES string of the molecule is O=C(NCc1ccccc1N1CCOCC1)NC1CCc2c1ccc(Cl)c2Cl. The molecular formula is C21H23Cl2N3O2. The highest BCUT2D eigenvalue weighted by molar-refractivity contribution is 6.42. The highest BCUT2D eigenvalue weighted by atomic mass is 35.5. The van der Waals surface area contributed by atoms with Crippen molar-refractivity contribution in [3.8, 4) is 0 Å². The van der Waals surface area contributed by atoms with E-state index >= 15 is 0 Å². The number of carbonyl (C=O) groups is 1. The number of rotatable bonds is 4. The average molecular weight is 420 g/mol. The van der Waals surface area contributed by atoms with E-state index in [1.54, 1.807) is 6.07 Å². The van der Waals surface area contributed by atoms with Crippen molar-refractivity contribution < 1.29 is 9.53 Å². The lowest BCUT2D eigenvalue weighted by Crippen LogP contribution is -2.39. The van der Waals surface area contributed by atoms with Crippen molar-refractivity contribution >= 4 is 34.9 Å². The lowest BCUT2D eigenvalue weighted by Gasteiger charge is -2.30. The van der Waals surface area contributed by atoms with E-state index < -0.39 is 0 Å². The van der Waals surface area contributed by atoms with Crippen molar-refractivity contribution in [2.24, 2.45) is 0 Å². The summed E-state index contributed by atoms with van der Waals surface area (Å²) < 4.78 is 5.44. The summed E-state index contributed by atoms with van der Waals surface area (Å²) >= 11 is 12.4. The Morgan fingerprint density at radius 2 is 1.93 bits per heavy atom. The van der Waals surface area contributed by atoms with Crippen LogP contribution in [-0.4, -0.2) is 32.3 Å². The number of nitrogens with zero attached hydrogens (tertiary/aromatic N) is 1. The number of para-hydroxylation sites is 1. The lowest BCUT2D eigenvalue weighted by atomic mass is 10.1. The predicted molar refractivity (Wildman–Crippen MR) is 112 cm³/mol. The third-order valence-electron chi connectivity index (χ3n) is 5.38. The molecule has 2 aromatic rings. The monoisotopic (exact) mass is 419 g/mol. The zero-order valence-corrected chi connectivity index (χ0v) is 17.0. The molecule has 2 amide bonds. The Morgan fingerprint density at radius 1 is 1.14 bits per heavy atom. The van der Waals surface area contributed by atoms with E-state index in [2.05, 4.69) is 27.7 Å². The van der Waals surface area contributed by atoms with E-state index in [-0.39, 0.29) is 12.1 Å². The highest BCUT2D eigenvalue weighted by Crippen LogP contribution is 2.39. The van der Waals surface area contributed by atoms with Crippen molar-refractivity contribution in [3.63, 3.8) is 0 Å². The maximum atomic E-state index is 12.5. The van der Waals surface area contributed by atoms with E-state index in [1.165, 1.54) is 0 Å². The maximum absolute atomic E-state index is 12.5. The van der Waals surface area contributed by atoms with Gasteiger partial charge in [-0.05, 0) is 41.7 Å². The first-order valence-corrected chi connectivity index (χ1v) is 10.3. The Bertz CT molecular complexity index is 869. The summed E-state index contributed by atoms with van der Waals surface area (Å²) in [6.45, 7) is 3.67. The van der Waals surface area contributed by atoms with Gasteiger partial charge < -0.3 is 20.3 Å². The molecule has 0 spiro atoms. The molecule has 0 radical (unpaired) electrons. The molecule has 2 aromatic carbocycles. The van der Waals surface area contributed by atoms with Crippen LogP contribution in [0.15, 0.2) is 36.4 Å². The van der Waals surface area contributed by atoms with Gasteiger partial charge in [0, 0.05) is 25.3 Å². The van der Waals surface area contributed by atoms with Gasteiger partial charge in [0.1, 0.15) is 0 Å². The molecule has 1 aliphatic carbocycles. The minimum absolute atomic E-state index is 0.0424. The summed E-state index contributed by atoms with van der Waals surface area (Å²) in [5.74, 6) is 0. The molecule has 148 valence electrons. The molecule has 2 N–H and O–H groups in total. The molecule has 2 aliphatic rings. The quantitative estimate of drug-likeness (QED) is 0.775. The standard InChI is InChI=1S/C21H23Cl2N3O2/c22-17-7-5-15-16(20(17)23)6-8-18(15)25-21(27)24-13-14-3-1-2-4-19(14)26-9-11-28-12-10-26/h1-5,7,18H,6,8-13H2,(H2,24,25,27). The molecule has 1 unspecified atom stereocenters. The van der Waals surface area contributed by atoms with Crippen LogP contribution in [-0.2, 0) is 17.7 Å². The first-order valence-electron chi connectivity index (χ1n) is 9.55. The molecule has 1 aliphatic heterocycles. The van der Waals surface area contributed by atoms with Gasteiger partial charge in [-0.2, -0.15) is 0 Å². The normalized spacial score (nSPS) is 18.6. The average Bonchev–Trinajstić information content (AvgIpc) is 3.13. The fourth-order valence-electron chi connectivity index (χ4n) is 3.94. The summed E-state index contributed by atoms with van der Waals surface area (Å²) in [5, 5.41) is 7.22. The van der Waals surface area contributed by atoms with E-state index in [4.69, 9.17) is 27.9 Å². The number of fused-ring (bicyclic) bond motifs is 1. The third kappa shape index (κ3) is 4.07. The topological polar surface area (TPSA) is 53.6 Å². The van der Waals surface area contributed by atoms with Gasteiger partial charge in [0.2, 0.25) is 0 Å². The van der Waals surface area contributed by atoms with Crippen LogP contribution in [0.3, 0.4) is 0 Å². The van der Waals surface area contributed by atoms with Gasteiger partial charge in [-0.1, -0.05) is 47.5 Å². The van der Waals surface area contributed by atoms with Gasteiger partial charge in [0.05, 0.1) is 29.3 Å². The summed E-state index contributed by atoms with van der Waals surface area (Å²) in [6, 6.07) is 11.7. The number of hydrogen-bond acceptors (Lipinski definition) is 3. The molecule has 1 fully saturated rings. The third-order valence-corrected chi connectivity index (χ3v) is 6.22. The summed E-state index contributed by atoms with van der Waals surface area (Å²) in [6.07, 6.45) is 1.65. The predicted octanol–water partition coefficient (Wildman–Crippen LogP) is 4.32. The number of anilines is 1. The summed E-state index contributed by atoms with van der Waals surface area (Å²) in [7, 11) is 0. The van der Waals surface area contributed by atoms with Crippen molar-refractivity contribution in [3.05, 3.63) is 63.1 Å². The second-order valence-corrected chi connectivity index (χ2v) is 7.86. The largest absolute Gasteiger partial charge is 0.378 e.